The number of halogens is 2. The van der Waals surface area contributed by atoms with Gasteiger partial charge in [-0.1, -0.05) is 38.8 Å². The molecule has 0 aliphatic heterocycles. The third-order valence-electron chi connectivity index (χ3n) is 3.64. The van der Waals surface area contributed by atoms with Crippen molar-refractivity contribution in [1.82, 2.24) is 0 Å². The molecule has 94 valence electrons. The average Bonchev–Trinajstić information content (AvgIpc) is 2.59. The van der Waals surface area contributed by atoms with E-state index >= 15 is 0 Å². The Morgan fingerprint density at radius 3 is 2.82 bits per heavy atom. The fraction of sp³-hybridized carbons (Fsp3) is 0.571. The van der Waals surface area contributed by atoms with Crippen molar-refractivity contribution in [3.8, 4) is 5.75 Å². The number of rotatable bonds is 3. The number of methoxy groups -OCH3 is 1. The highest BCUT2D eigenvalue weighted by Crippen LogP contribution is 2.44. The summed E-state index contributed by atoms with van der Waals surface area (Å²) < 4.78 is 6.58. The highest BCUT2D eigenvalue weighted by atomic mass is 79.9. The van der Waals surface area contributed by atoms with E-state index in [1.165, 1.54) is 24.8 Å². The molecule has 1 aromatic carbocycles. The van der Waals surface area contributed by atoms with Gasteiger partial charge in [0.05, 0.1) is 7.11 Å². The zero-order valence-corrected chi connectivity index (χ0v) is 13.5. The summed E-state index contributed by atoms with van der Waals surface area (Å²) in [6, 6.07) is 6.27. The summed E-state index contributed by atoms with van der Waals surface area (Å²) in [5.41, 5.74) is 1.72. The van der Waals surface area contributed by atoms with Gasteiger partial charge < -0.3 is 4.74 Å². The van der Waals surface area contributed by atoms with Gasteiger partial charge in [-0.25, -0.2) is 0 Å². The van der Waals surface area contributed by atoms with Gasteiger partial charge in [0.1, 0.15) is 5.75 Å². The molecule has 1 aliphatic carbocycles. The second-order valence-electron chi connectivity index (χ2n) is 5.28. The molecule has 0 spiro atoms. The number of hydrogen-bond donors (Lipinski definition) is 0. The van der Waals surface area contributed by atoms with E-state index in [0.717, 1.165) is 16.6 Å². The van der Waals surface area contributed by atoms with E-state index in [2.05, 4.69) is 44.8 Å². The first kappa shape index (κ1) is 13.4. The van der Waals surface area contributed by atoms with Gasteiger partial charge in [0.25, 0.3) is 0 Å². The third-order valence-corrected chi connectivity index (χ3v) is 4.91. The van der Waals surface area contributed by atoms with E-state index in [4.69, 9.17) is 4.74 Å². The Kier molecular flexibility index (Phi) is 4.19. The van der Waals surface area contributed by atoms with E-state index in [-0.39, 0.29) is 0 Å². The predicted molar refractivity (Wildman–Crippen MR) is 79.1 cm³/mol. The van der Waals surface area contributed by atoms with E-state index < -0.39 is 0 Å². The van der Waals surface area contributed by atoms with Crippen LogP contribution in [-0.2, 0) is 6.42 Å². The quantitative estimate of drug-likeness (QED) is 0.692. The van der Waals surface area contributed by atoms with E-state index in [1.54, 1.807) is 7.11 Å². The highest BCUT2D eigenvalue weighted by molar-refractivity contribution is 9.10. The Hall–Kier alpha value is -0.0200. The molecular formula is C14H18Br2O. The first-order chi connectivity index (χ1) is 8.02. The van der Waals surface area contributed by atoms with E-state index in [0.29, 0.717) is 10.2 Å². The van der Waals surface area contributed by atoms with Gasteiger partial charge in [-0.05, 0) is 54.9 Å². The van der Waals surface area contributed by atoms with Crippen molar-refractivity contribution in [2.45, 2.75) is 37.4 Å². The molecule has 0 heterocycles. The van der Waals surface area contributed by atoms with Crippen LogP contribution in [0.2, 0.25) is 0 Å². The molecule has 2 rings (SSSR count). The minimum Gasteiger partial charge on any atom is -0.496 e. The van der Waals surface area contributed by atoms with Crippen molar-refractivity contribution < 1.29 is 4.74 Å². The Morgan fingerprint density at radius 2 is 2.24 bits per heavy atom. The van der Waals surface area contributed by atoms with Crippen LogP contribution >= 0.6 is 31.9 Å². The van der Waals surface area contributed by atoms with Crippen molar-refractivity contribution in [3.63, 3.8) is 0 Å². The van der Waals surface area contributed by atoms with Gasteiger partial charge in [0, 0.05) is 9.30 Å². The van der Waals surface area contributed by atoms with Gasteiger partial charge in [0.15, 0.2) is 0 Å². The van der Waals surface area contributed by atoms with Gasteiger partial charge in [-0.2, -0.15) is 0 Å². The fourth-order valence-electron chi connectivity index (χ4n) is 2.75. The standard InChI is InChI=1S/C14H18Br2O/c1-14(6-5-12(16)9-14)8-10-7-11(15)3-4-13(10)17-2/h3-4,7,12H,5-6,8-9H2,1-2H3. The van der Waals surface area contributed by atoms with Crippen LogP contribution < -0.4 is 4.74 Å². The fourth-order valence-corrected chi connectivity index (χ4v) is 4.17. The Labute approximate surface area is 120 Å². The van der Waals surface area contributed by atoms with Crippen LogP contribution in [0.4, 0.5) is 0 Å². The van der Waals surface area contributed by atoms with Crippen LogP contribution in [0.1, 0.15) is 31.7 Å². The van der Waals surface area contributed by atoms with Crippen molar-refractivity contribution >= 4 is 31.9 Å². The maximum absolute atomic E-state index is 5.45. The maximum atomic E-state index is 5.45. The molecule has 0 N–H and O–H groups in total. The van der Waals surface area contributed by atoms with Crippen LogP contribution in [0.25, 0.3) is 0 Å². The molecule has 1 saturated carbocycles. The van der Waals surface area contributed by atoms with Crippen LogP contribution in [0, 0.1) is 5.41 Å². The number of ether oxygens (including phenoxy) is 1. The van der Waals surface area contributed by atoms with Crippen molar-refractivity contribution in [2.24, 2.45) is 5.41 Å². The smallest absolute Gasteiger partial charge is 0.122 e. The van der Waals surface area contributed by atoms with Crippen LogP contribution in [0.3, 0.4) is 0 Å². The first-order valence-electron chi connectivity index (χ1n) is 5.99. The van der Waals surface area contributed by atoms with Crippen molar-refractivity contribution in [2.75, 3.05) is 7.11 Å². The van der Waals surface area contributed by atoms with Crippen LogP contribution in [-0.4, -0.2) is 11.9 Å². The molecule has 0 aromatic heterocycles. The van der Waals surface area contributed by atoms with Crippen molar-refractivity contribution in [3.05, 3.63) is 28.2 Å². The lowest BCUT2D eigenvalue weighted by Gasteiger charge is -2.25. The molecule has 1 aromatic rings. The zero-order chi connectivity index (χ0) is 12.5. The van der Waals surface area contributed by atoms with E-state index in [1.807, 2.05) is 12.1 Å². The largest absolute Gasteiger partial charge is 0.496 e. The molecule has 0 amide bonds. The van der Waals surface area contributed by atoms with Crippen molar-refractivity contribution in [1.29, 1.82) is 0 Å². The molecule has 0 bridgehead atoms. The molecule has 2 unspecified atom stereocenters. The normalized spacial score (nSPS) is 28.4. The molecule has 1 nitrogen and oxygen atoms in total. The van der Waals surface area contributed by atoms with Gasteiger partial charge in [-0.3, -0.25) is 0 Å². The second kappa shape index (κ2) is 5.31. The maximum Gasteiger partial charge on any atom is 0.122 e. The summed E-state index contributed by atoms with van der Waals surface area (Å²) in [5, 5.41) is 0. The van der Waals surface area contributed by atoms with Gasteiger partial charge in [-0.15, -0.1) is 0 Å². The predicted octanol–water partition coefficient (Wildman–Crippen LogP) is 4.95. The lowest BCUT2D eigenvalue weighted by Crippen LogP contribution is -2.16. The summed E-state index contributed by atoms with van der Waals surface area (Å²) in [6.45, 7) is 2.38. The monoisotopic (exact) mass is 360 g/mol. The number of benzene rings is 1. The second-order valence-corrected chi connectivity index (χ2v) is 7.49. The highest BCUT2D eigenvalue weighted by Gasteiger charge is 2.34. The lowest BCUT2D eigenvalue weighted by atomic mass is 9.82. The van der Waals surface area contributed by atoms with E-state index in [9.17, 15) is 0 Å². The SMILES string of the molecule is COc1ccc(Br)cc1CC1(C)CCC(Br)C1. The molecule has 1 fully saturated rings. The zero-order valence-electron chi connectivity index (χ0n) is 10.3. The summed E-state index contributed by atoms with van der Waals surface area (Å²) >= 11 is 7.28. The molecule has 0 radical (unpaired) electrons. The summed E-state index contributed by atoms with van der Waals surface area (Å²) in [4.78, 5) is 0.686. The Balaban J connectivity index is 2.20. The third kappa shape index (κ3) is 3.25. The number of alkyl halides is 1. The van der Waals surface area contributed by atoms with Crippen LogP contribution in [0.5, 0.6) is 5.75 Å². The summed E-state index contributed by atoms with van der Waals surface area (Å²) in [6.07, 6.45) is 4.92. The van der Waals surface area contributed by atoms with Gasteiger partial charge in [0.2, 0.25) is 0 Å². The minimum atomic E-state index is 0.405. The van der Waals surface area contributed by atoms with Gasteiger partial charge >= 0.3 is 0 Å². The average molecular weight is 362 g/mol. The molecule has 17 heavy (non-hydrogen) atoms. The molecule has 0 saturated heterocycles. The van der Waals surface area contributed by atoms with Crippen LogP contribution in [0.15, 0.2) is 22.7 Å². The topological polar surface area (TPSA) is 9.23 Å². The minimum absolute atomic E-state index is 0.405. The molecular weight excluding hydrogens is 344 g/mol. The lowest BCUT2D eigenvalue weighted by molar-refractivity contribution is 0.326. The molecule has 1 aliphatic rings. The Morgan fingerprint density at radius 1 is 1.47 bits per heavy atom. The Bertz CT molecular complexity index is 405. The first-order valence-corrected chi connectivity index (χ1v) is 7.70. The summed E-state index contributed by atoms with van der Waals surface area (Å²) in [7, 11) is 1.75. The number of hydrogen-bond acceptors (Lipinski definition) is 1. The molecule has 3 heteroatoms. The molecule has 2 atom stereocenters. The summed E-state index contributed by atoms with van der Waals surface area (Å²) in [5.74, 6) is 1.01.